The molecule has 0 bridgehead atoms. The molecule has 0 radical (unpaired) electrons. The van der Waals surface area contributed by atoms with Gasteiger partial charge in [0.15, 0.2) is 0 Å². The number of aromatic nitrogens is 1. The highest BCUT2D eigenvalue weighted by Gasteiger charge is 2.28. The van der Waals surface area contributed by atoms with Gasteiger partial charge in [-0.1, -0.05) is 0 Å². The number of aliphatic carboxylic acids is 1. The van der Waals surface area contributed by atoms with Gasteiger partial charge in [-0.15, -0.1) is 0 Å². The van der Waals surface area contributed by atoms with Crippen LogP contribution in [0.25, 0.3) is 11.5 Å². The zero-order chi connectivity index (χ0) is 16.4. The smallest absolute Gasteiger partial charge is 0.308 e. The summed E-state index contributed by atoms with van der Waals surface area (Å²) in [6, 6.07) is 1.92. The monoisotopic (exact) mass is 334 g/mol. The van der Waals surface area contributed by atoms with Crippen molar-refractivity contribution in [2.75, 3.05) is 13.1 Å². The van der Waals surface area contributed by atoms with Crippen LogP contribution < -0.4 is 0 Å². The summed E-state index contributed by atoms with van der Waals surface area (Å²) in [5.41, 5.74) is 1.52. The van der Waals surface area contributed by atoms with Crippen LogP contribution in [0.3, 0.4) is 0 Å². The lowest BCUT2D eigenvalue weighted by Crippen LogP contribution is -2.43. The minimum atomic E-state index is -0.833. The van der Waals surface area contributed by atoms with Gasteiger partial charge in [0.25, 0.3) is 0 Å². The largest absolute Gasteiger partial charge is 0.481 e. The molecule has 2 aromatic heterocycles. The molecule has 23 heavy (non-hydrogen) atoms. The Morgan fingerprint density at radius 2 is 2.35 bits per heavy atom. The summed E-state index contributed by atoms with van der Waals surface area (Å²) in [7, 11) is 0. The highest BCUT2D eigenvalue weighted by molar-refractivity contribution is 7.08. The number of carbonyl (C=O) groups excluding carboxylic acids is 1. The first-order chi connectivity index (χ1) is 11.0. The summed E-state index contributed by atoms with van der Waals surface area (Å²) in [6.45, 7) is 2.68. The number of aryl methyl sites for hydroxylation is 1. The molecule has 1 aliphatic rings. The highest BCUT2D eigenvalue weighted by Crippen LogP contribution is 2.25. The van der Waals surface area contributed by atoms with Gasteiger partial charge in [0.2, 0.25) is 11.8 Å². The summed E-state index contributed by atoms with van der Waals surface area (Å²) >= 11 is 1.56. The molecule has 1 fully saturated rings. The Bertz CT molecular complexity index is 708. The molecule has 3 heterocycles. The van der Waals surface area contributed by atoms with E-state index in [0.717, 1.165) is 12.0 Å². The van der Waals surface area contributed by atoms with E-state index in [-0.39, 0.29) is 18.9 Å². The van der Waals surface area contributed by atoms with Crippen LogP contribution in [0.15, 0.2) is 21.2 Å². The lowest BCUT2D eigenvalue weighted by atomic mass is 9.98. The molecule has 1 saturated heterocycles. The van der Waals surface area contributed by atoms with Crippen LogP contribution in [0.1, 0.15) is 24.3 Å². The second kappa shape index (κ2) is 6.54. The Balaban J connectivity index is 1.69. The van der Waals surface area contributed by atoms with Crippen molar-refractivity contribution in [1.29, 1.82) is 0 Å². The number of carboxylic acid groups (broad SMARTS) is 1. The van der Waals surface area contributed by atoms with E-state index >= 15 is 0 Å². The number of carbonyl (C=O) groups is 2. The summed E-state index contributed by atoms with van der Waals surface area (Å²) in [6.07, 6.45) is 1.50. The number of rotatable bonds is 4. The average Bonchev–Trinajstić information content (AvgIpc) is 3.18. The molecule has 1 aliphatic heterocycles. The number of hydrogen-bond acceptors (Lipinski definition) is 5. The number of likely N-dealkylation sites (tertiary alicyclic amines) is 1. The Hall–Kier alpha value is -2.15. The lowest BCUT2D eigenvalue weighted by Gasteiger charge is -2.30. The molecule has 0 unspecified atom stereocenters. The Morgan fingerprint density at radius 3 is 3.04 bits per heavy atom. The fourth-order valence-corrected chi connectivity index (χ4v) is 3.39. The van der Waals surface area contributed by atoms with Crippen LogP contribution in [0.4, 0.5) is 0 Å². The Morgan fingerprint density at radius 1 is 1.52 bits per heavy atom. The van der Waals surface area contributed by atoms with Crippen molar-refractivity contribution < 1.29 is 19.1 Å². The van der Waals surface area contributed by atoms with Crippen molar-refractivity contribution in [1.82, 2.24) is 9.88 Å². The molecule has 1 N–H and O–H groups in total. The molecule has 1 atom stereocenters. The van der Waals surface area contributed by atoms with E-state index < -0.39 is 11.9 Å². The predicted octanol–water partition coefficient (Wildman–Crippen LogP) is 2.58. The number of nitrogens with zero attached hydrogens (tertiary/aromatic N) is 2. The number of piperidine rings is 1. The summed E-state index contributed by atoms with van der Waals surface area (Å²) in [4.78, 5) is 29.6. The van der Waals surface area contributed by atoms with Gasteiger partial charge in [-0.3, -0.25) is 9.59 Å². The van der Waals surface area contributed by atoms with Gasteiger partial charge in [0.1, 0.15) is 5.76 Å². The molecule has 1 amide bonds. The van der Waals surface area contributed by atoms with E-state index in [9.17, 15) is 9.59 Å². The lowest BCUT2D eigenvalue weighted by molar-refractivity contribution is -0.145. The number of hydrogen-bond donors (Lipinski definition) is 1. The van der Waals surface area contributed by atoms with Crippen molar-refractivity contribution in [3.05, 3.63) is 28.3 Å². The van der Waals surface area contributed by atoms with Gasteiger partial charge in [-0.2, -0.15) is 11.3 Å². The van der Waals surface area contributed by atoms with Crippen LogP contribution >= 0.6 is 11.3 Å². The standard InChI is InChI=1S/C16H18N2O4S/c1-10-13(17-15(22-10)12-4-6-23-9-12)7-14(19)18-5-2-3-11(8-18)16(20)21/h4,6,9,11H,2-3,5,7-8H2,1H3,(H,20,21)/t11-/m1/s1. The predicted molar refractivity (Wildman–Crippen MR) is 85.2 cm³/mol. The fourth-order valence-electron chi connectivity index (χ4n) is 2.76. The van der Waals surface area contributed by atoms with E-state index in [1.54, 1.807) is 23.2 Å². The minimum absolute atomic E-state index is 0.0933. The normalized spacial score (nSPS) is 18.1. The highest BCUT2D eigenvalue weighted by atomic mass is 32.1. The molecular formula is C16H18N2O4S. The molecule has 0 aromatic carbocycles. The first-order valence-corrected chi connectivity index (χ1v) is 8.48. The second-order valence-corrected chi connectivity index (χ2v) is 6.51. The maximum Gasteiger partial charge on any atom is 0.308 e. The van der Waals surface area contributed by atoms with Gasteiger partial charge in [0, 0.05) is 24.0 Å². The van der Waals surface area contributed by atoms with Gasteiger partial charge in [-0.05, 0) is 31.2 Å². The van der Waals surface area contributed by atoms with E-state index in [1.807, 2.05) is 16.8 Å². The molecule has 6 nitrogen and oxygen atoms in total. The topological polar surface area (TPSA) is 83.6 Å². The average molecular weight is 334 g/mol. The van der Waals surface area contributed by atoms with Crippen LogP contribution in [-0.2, 0) is 16.0 Å². The number of amides is 1. The van der Waals surface area contributed by atoms with E-state index in [4.69, 9.17) is 9.52 Å². The summed E-state index contributed by atoms with van der Waals surface area (Å²) in [5, 5.41) is 13.0. The van der Waals surface area contributed by atoms with Crippen LogP contribution in [-0.4, -0.2) is 40.0 Å². The van der Waals surface area contributed by atoms with E-state index in [2.05, 4.69) is 4.98 Å². The zero-order valence-corrected chi connectivity index (χ0v) is 13.6. The summed E-state index contributed by atoms with van der Waals surface area (Å²) in [5.74, 6) is -0.239. The number of thiophene rings is 1. The van der Waals surface area contributed by atoms with E-state index in [0.29, 0.717) is 30.3 Å². The molecule has 122 valence electrons. The molecule has 7 heteroatoms. The molecular weight excluding hydrogens is 316 g/mol. The molecule has 0 aliphatic carbocycles. The first-order valence-electron chi connectivity index (χ1n) is 7.54. The maximum absolute atomic E-state index is 12.4. The first kappa shape index (κ1) is 15.7. The van der Waals surface area contributed by atoms with Crippen molar-refractivity contribution >= 4 is 23.2 Å². The third-order valence-electron chi connectivity index (χ3n) is 4.10. The Labute approximate surface area is 137 Å². The third-order valence-corrected chi connectivity index (χ3v) is 4.79. The van der Waals surface area contributed by atoms with Gasteiger partial charge in [-0.25, -0.2) is 4.98 Å². The molecule has 2 aromatic rings. The quantitative estimate of drug-likeness (QED) is 0.929. The second-order valence-electron chi connectivity index (χ2n) is 5.73. The van der Waals surface area contributed by atoms with Crippen LogP contribution in [0.5, 0.6) is 0 Å². The minimum Gasteiger partial charge on any atom is -0.481 e. The van der Waals surface area contributed by atoms with Crippen molar-refractivity contribution in [3.8, 4) is 11.5 Å². The van der Waals surface area contributed by atoms with Gasteiger partial charge in [0.05, 0.1) is 18.0 Å². The number of carboxylic acids is 1. The van der Waals surface area contributed by atoms with Gasteiger partial charge < -0.3 is 14.4 Å². The maximum atomic E-state index is 12.4. The zero-order valence-electron chi connectivity index (χ0n) is 12.8. The van der Waals surface area contributed by atoms with Crippen molar-refractivity contribution in [2.45, 2.75) is 26.2 Å². The Kier molecular flexibility index (Phi) is 4.47. The van der Waals surface area contributed by atoms with Crippen molar-refractivity contribution in [3.63, 3.8) is 0 Å². The third kappa shape index (κ3) is 3.44. The van der Waals surface area contributed by atoms with Crippen molar-refractivity contribution in [2.24, 2.45) is 5.92 Å². The van der Waals surface area contributed by atoms with E-state index in [1.165, 1.54) is 0 Å². The fraction of sp³-hybridized carbons (Fsp3) is 0.438. The number of oxazole rings is 1. The molecule has 0 saturated carbocycles. The van der Waals surface area contributed by atoms with Crippen LogP contribution in [0, 0.1) is 12.8 Å². The summed E-state index contributed by atoms with van der Waals surface area (Å²) < 4.78 is 5.64. The molecule has 3 rings (SSSR count). The SMILES string of the molecule is Cc1oc(-c2ccsc2)nc1CC(=O)N1CCC[C@@H](C(=O)O)C1. The van der Waals surface area contributed by atoms with Crippen LogP contribution in [0.2, 0.25) is 0 Å². The van der Waals surface area contributed by atoms with Gasteiger partial charge >= 0.3 is 5.97 Å². The molecule has 0 spiro atoms.